The third kappa shape index (κ3) is 2.72. The molecule has 0 aliphatic heterocycles. The Kier molecular flexibility index (Phi) is 2.99. The summed E-state index contributed by atoms with van der Waals surface area (Å²) in [5.74, 6) is 4.86. The van der Waals surface area contributed by atoms with Gasteiger partial charge in [-0.05, 0) is 5.23 Å². The fourth-order valence-corrected chi connectivity index (χ4v) is 0.136. The molecule has 4 N–H and O–H groups in total. The predicted molar refractivity (Wildman–Crippen MR) is 23.5 cm³/mol. The van der Waals surface area contributed by atoms with Crippen LogP contribution in [0.3, 0.4) is 0 Å². The molecule has 0 spiro atoms. The number of nitrogens with two attached hydrogens (primary N) is 1. The quantitative estimate of drug-likeness (QED) is 0.167. The number of hydrogen-bond acceptors (Lipinski definition) is 6. The van der Waals surface area contributed by atoms with Gasteiger partial charge in [-0.3, -0.25) is 0 Å². The number of nitriles is 2. The van der Waals surface area contributed by atoms with E-state index in [1.807, 2.05) is 10.9 Å². The molecular weight excluding hydrogens is 108 g/mol. The molecule has 0 rings (SSSR count). The minimum atomic E-state index is 0.639. The second-order valence-electron chi connectivity index (χ2n) is 0.817. The SMILES string of the molecule is N#CNN(N)NC#N. The third-order valence-corrected chi connectivity index (χ3v) is 0.341. The summed E-state index contributed by atoms with van der Waals surface area (Å²) in [7, 11) is 0. The van der Waals surface area contributed by atoms with E-state index in [2.05, 4.69) is 0 Å². The van der Waals surface area contributed by atoms with Crippen LogP contribution in [0.4, 0.5) is 0 Å². The Morgan fingerprint density at radius 3 is 1.88 bits per heavy atom. The van der Waals surface area contributed by atoms with Crippen molar-refractivity contribution >= 4 is 0 Å². The van der Waals surface area contributed by atoms with Gasteiger partial charge < -0.3 is 0 Å². The topological polar surface area (TPSA) is 101 Å². The molecule has 0 saturated carbocycles. The fraction of sp³-hybridized carbons (Fsp3) is 0. The highest BCUT2D eigenvalue weighted by molar-refractivity contribution is 4.63. The number of hydrogen-bond donors (Lipinski definition) is 3. The van der Waals surface area contributed by atoms with Crippen molar-refractivity contribution in [2.75, 3.05) is 0 Å². The molecule has 0 atom stereocenters. The Balaban J connectivity index is 3.25. The van der Waals surface area contributed by atoms with Crippen LogP contribution in [-0.4, -0.2) is 5.23 Å². The first-order valence-electron chi connectivity index (χ1n) is 1.65. The highest BCUT2D eigenvalue weighted by Gasteiger charge is 1.86. The smallest absolute Gasteiger partial charge is 0.195 e. The lowest BCUT2D eigenvalue weighted by molar-refractivity contribution is 0.184. The van der Waals surface area contributed by atoms with Gasteiger partial charge in [0.15, 0.2) is 12.4 Å². The molecule has 6 heteroatoms. The van der Waals surface area contributed by atoms with Crippen LogP contribution < -0.4 is 16.7 Å². The first kappa shape index (κ1) is 6.50. The van der Waals surface area contributed by atoms with Crippen molar-refractivity contribution in [3.05, 3.63) is 0 Å². The summed E-state index contributed by atoms with van der Waals surface area (Å²) in [6.07, 6.45) is 2.98. The van der Waals surface area contributed by atoms with Crippen molar-refractivity contribution in [2.24, 2.45) is 5.84 Å². The van der Waals surface area contributed by atoms with Crippen molar-refractivity contribution in [3.8, 4) is 12.4 Å². The minimum absolute atomic E-state index is 0.639. The maximum Gasteiger partial charge on any atom is 0.195 e. The molecule has 6 nitrogen and oxygen atoms in total. The zero-order chi connectivity index (χ0) is 6.41. The Hall–Kier alpha value is -1.50. The van der Waals surface area contributed by atoms with Crippen molar-refractivity contribution in [1.29, 1.82) is 10.5 Å². The van der Waals surface area contributed by atoms with Gasteiger partial charge >= 0.3 is 0 Å². The summed E-state index contributed by atoms with van der Waals surface area (Å²) in [4.78, 5) is 0. The lowest BCUT2D eigenvalue weighted by Crippen LogP contribution is -2.48. The van der Waals surface area contributed by atoms with Crippen LogP contribution in [0.15, 0.2) is 0 Å². The van der Waals surface area contributed by atoms with E-state index in [1.54, 1.807) is 0 Å². The molecule has 0 aliphatic carbocycles. The van der Waals surface area contributed by atoms with Crippen LogP contribution in [0.2, 0.25) is 0 Å². The van der Waals surface area contributed by atoms with E-state index in [1.165, 1.54) is 12.4 Å². The van der Waals surface area contributed by atoms with Crippen molar-refractivity contribution in [3.63, 3.8) is 0 Å². The lowest BCUT2D eigenvalue weighted by Gasteiger charge is -2.06. The minimum Gasteiger partial charge on any atom is -0.230 e. The summed E-state index contributed by atoms with van der Waals surface area (Å²) in [6, 6.07) is 0. The summed E-state index contributed by atoms with van der Waals surface area (Å²) < 4.78 is 0. The van der Waals surface area contributed by atoms with Gasteiger partial charge in [0.2, 0.25) is 0 Å². The Morgan fingerprint density at radius 2 is 1.62 bits per heavy atom. The summed E-state index contributed by atoms with van der Waals surface area (Å²) in [6.45, 7) is 0. The van der Waals surface area contributed by atoms with E-state index >= 15 is 0 Å². The van der Waals surface area contributed by atoms with Crippen LogP contribution >= 0.6 is 0 Å². The zero-order valence-electron chi connectivity index (χ0n) is 3.92. The van der Waals surface area contributed by atoms with E-state index in [-0.39, 0.29) is 0 Å². The summed E-state index contributed by atoms with van der Waals surface area (Å²) >= 11 is 0. The Labute approximate surface area is 46.0 Å². The van der Waals surface area contributed by atoms with E-state index in [4.69, 9.17) is 16.4 Å². The second kappa shape index (κ2) is 3.68. The average Bonchev–Trinajstić information content (AvgIpc) is 1.68. The summed E-state index contributed by atoms with van der Waals surface area (Å²) in [5, 5.41) is 16.3. The van der Waals surface area contributed by atoms with Gasteiger partial charge in [0, 0.05) is 0 Å². The van der Waals surface area contributed by atoms with E-state index < -0.39 is 0 Å². The zero-order valence-corrected chi connectivity index (χ0v) is 3.92. The van der Waals surface area contributed by atoms with Gasteiger partial charge in [-0.2, -0.15) is 10.5 Å². The van der Waals surface area contributed by atoms with Crippen molar-refractivity contribution < 1.29 is 0 Å². The molecule has 0 heterocycles. The molecule has 0 radical (unpaired) electrons. The maximum absolute atomic E-state index is 7.83. The molecule has 0 aromatic heterocycles. The molecule has 42 valence electrons. The lowest BCUT2D eigenvalue weighted by atomic mass is 11.3. The highest BCUT2D eigenvalue weighted by atomic mass is 15.8. The van der Waals surface area contributed by atoms with Gasteiger partial charge in [0.05, 0.1) is 0 Å². The molecule has 0 fully saturated rings. The van der Waals surface area contributed by atoms with Crippen LogP contribution in [-0.2, 0) is 0 Å². The average molecular weight is 112 g/mol. The molecule has 8 heavy (non-hydrogen) atoms. The van der Waals surface area contributed by atoms with Gasteiger partial charge in [-0.1, -0.05) is 0 Å². The summed E-state index contributed by atoms with van der Waals surface area (Å²) in [5.41, 5.74) is 3.86. The Morgan fingerprint density at radius 1 is 1.25 bits per heavy atom. The second-order valence-corrected chi connectivity index (χ2v) is 0.817. The largest absolute Gasteiger partial charge is 0.230 e. The molecule has 0 aliphatic rings. The van der Waals surface area contributed by atoms with E-state index in [0.717, 1.165) is 0 Å². The van der Waals surface area contributed by atoms with E-state index in [9.17, 15) is 0 Å². The van der Waals surface area contributed by atoms with Crippen LogP contribution in [0.25, 0.3) is 0 Å². The van der Waals surface area contributed by atoms with Crippen molar-refractivity contribution in [2.45, 2.75) is 0 Å². The normalized spacial score (nSPS) is 7.00. The molecule has 0 unspecified atom stereocenters. The number of hydrazine groups is 3. The first-order chi connectivity index (χ1) is 3.81. The van der Waals surface area contributed by atoms with Gasteiger partial charge in [-0.15, -0.1) is 0 Å². The van der Waals surface area contributed by atoms with Crippen molar-refractivity contribution in [1.82, 2.24) is 16.1 Å². The molecule has 0 amide bonds. The highest BCUT2D eigenvalue weighted by Crippen LogP contribution is 1.50. The van der Waals surface area contributed by atoms with Crippen LogP contribution in [0.5, 0.6) is 0 Å². The molecular formula is C2H4N6. The molecule has 0 bridgehead atoms. The monoisotopic (exact) mass is 112 g/mol. The number of nitrogens with zero attached hydrogens (tertiary/aromatic N) is 3. The standard InChI is InChI=1S/C2H4N6/c3-1-6-8(5)7-2-4/h6-7H,5H2. The van der Waals surface area contributed by atoms with Crippen LogP contribution in [0.1, 0.15) is 0 Å². The van der Waals surface area contributed by atoms with Gasteiger partial charge in [-0.25, -0.2) is 16.7 Å². The maximum atomic E-state index is 7.83. The third-order valence-electron chi connectivity index (χ3n) is 0.341. The molecule has 0 aromatic rings. The number of nitrogens with one attached hydrogen (secondary N) is 2. The Bertz CT molecular complexity index is 110. The molecule has 0 saturated heterocycles. The fourth-order valence-electron chi connectivity index (χ4n) is 0.136. The molecule has 0 aromatic carbocycles. The predicted octanol–water partition coefficient (Wildman–Crippen LogP) is -1.87. The first-order valence-corrected chi connectivity index (χ1v) is 1.65. The van der Waals surface area contributed by atoms with Gasteiger partial charge in [0.25, 0.3) is 0 Å². The van der Waals surface area contributed by atoms with Gasteiger partial charge in [0.1, 0.15) is 0 Å². The van der Waals surface area contributed by atoms with E-state index in [0.29, 0.717) is 5.23 Å². The number of rotatable bonds is 2. The van der Waals surface area contributed by atoms with Crippen LogP contribution in [0, 0.1) is 22.9 Å².